The summed E-state index contributed by atoms with van der Waals surface area (Å²) in [6.07, 6.45) is 0. The molecule has 0 atom stereocenters. The van der Waals surface area contributed by atoms with Crippen molar-refractivity contribution in [2.75, 3.05) is 0 Å². The van der Waals surface area contributed by atoms with Gasteiger partial charge in [0.1, 0.15) is 0 Å². The summed E-state index contributed by atoms with van der Waals surface area (Å²) in [7, 11) is 0. The standard InChI is InChI=1S/C34H32/c1-19(2)23-9-13-27-28-14-10-24(20(3)4)18-32(28)34(31(27)17-23)33-29-15-21(5)7-11-25(29)26-12-8-22(6)16-30(26)33/h7-20H,1-6H3. The normalized spacial score (nSPS) is 13.4. The first-order valence-electron chi connectivity index (χ1n) is 12.6. The number of aryl methyl sites for hydroxylation is 2. The number of hydrogen-bond acceptors (Lipinski definition) is 0. The van der Waals surface area contributed by atoms with Gasteiger partial charge in [-0.3, -0.25) is 0 Å². The van der Waals surface area contributed by atoms with Gasteiger partial charge in [0.25, 0.3) is 0 Å². The molecule has 0 fully saturated rings. The predicted octanol–water partition coefficient (Wildman–Crippen LogP) is 9.52. The van der Waals surface area contributed by atoms with Crippen molar-refractivity contribution in [1.82, 2.24) is 0 Å². The van der Waals surface area contributed by atoms with Gasteiger partial charge in [0, 0.05) is 0 Å². The Kier molecular flexibility index (Phi) is 4.71. The summed E-state index contributed by atoms with van der Waals surface area (Å²) in [6.45, 7) is 13.6. The van der Waals surface area contributed by atoms with Gasteiger partial charge in [-0.25, -0.2) is 0 Å². The van der Waals surface area contributed by atoms with Crippen LogP contribution >= 0.6 is 0 Å². The smallest absolute Gasteiger partial charge is 0.00137 e. The molecule has 0 saturated heterocycles. The van der Waals surface area contributed by atoms with Crippen molar-refractivity contribution in [3.8, 4) is 22.3 Å². The largest absolute Gasteiger partial charge is 0.0587 e. The maximum absolute atomic E-state index is 2.46. The lowest BCUT2D eigenvalue weighted by Gasteiger charge is -2.15. The molecule has 0 radical (unpaired) electrons. The van der Waals surface area contributed by atoms with Gasteiger partial charge in [0.05, 0.1) is 0 Å². The van der Waals surface area contributed by atoms with Crippen LogP contribution in [0.5, 0.6) is 0 Å². The average molecular weight is 441 g/mol. The molecule has 0 aliphatic heterocycles. The molecule has 0 heteroatoms. The lowest BCUT2D eigenvalue weighted by atomic mass is 9.88. The van der Waals surface area contributed by atoms with Gasteiger partial charge in [0.15, 0.2) is 0 Å². The molecule has 168 valence electrons. The molecule has 0 nitrogen and oxygen atoms in total. The Bertz CT molecular complexity index is 1390. The lowest BCUT2D eigenvalue weighted by Crippen LogP contribution is -1.95. The van der Waals surface area contributed by atoms with Crippen LogP contribution in [-0.2, 0) is 0 Å². The van der Waals surface area contributed by atoms with Gasteiger partial charge in [-0.05, 0) is 92.5 Å². The molecular formula is C34H32. The molecule has 34 heavy (non-hydrogen) atoms. The van der Waals surface area contributed by atoms with Gasteiger partial charge in [0.2, 0.25) is 0 Å². The monoisotopic (exact) mass is 440 g/mol. The van der Waals surface area contributed by atoms with Crippen LogP contribution in [0, 0.1) is 13.8 Å². The van der Waals surface area contributed by atoms with E-state index >= 15 is 0 Å². The van der Waals surface area contributed by atoms with Crippen LogP contribution in [0.2, 0.25) is 0 Å². The predicted molar refractivity (Wildman–Crippen MR) is 146 cm³/mol. The van der Waals surface area contributed by atoms with Gasteiger partial charge in [-0.15, -0.1) is 0 Å². The van der Waals surface area contributed by atoms with E-state index in [2.05, 4.69) is 114 Å². The zero-order valence-corrected chi connectivity index (χ0v) is 21.1. The second-order valence-corrected chi connectivity index (χ2v) is 10.8. The highest BCUT2D eigenvalue weighted by Crippen LogP contribution is 2.55. The van der Waals surface area contributed by atoms with E-state index in [-0.39, 0.29) is 0 Å². The summed E-state index contributed by atoms with van der Waals surface area (Å²) in [5.74, 6) is 0.998. The SMILES string of the molecule is Cc1ccc2c(c1)C(=C1c3cc(C(C)C)ccc3-c3ccc(C(C)C)cc31)c1cc(C)ccc1-2. The fourth-order valence-corrected chi connectivity index (χ4v) is 5.75. The van der Waals surface area contributed by atoms with Crippen LogP contribution in [0.3, 0.4) is 0 Å². The van der Waals surface area contributed by atoms with Crippen molar-refractivity contribution < 1.29 is 0 Å². The first kappa shape index (κ1) is 21.2. The van der Waals surface area contributed by atoms with Gasteiger partial charge >= 0.3 is 0 Å². The van der Waals surface area contributed by atoms with E-state index in [4.69, 9.17) is 0 Å². The summed E-state index contributed by atoms with van der Waals surface area (Å²) in [5.41, 5.74) is 19.2. The molecule has 4 aromatic rings. The Morgan fingerprint density at radius 3 is 1.06 bits per heavy atom. The van der Waals surface area contributed by atoms with E-state index in [1.54, 1.807) is 0 Å². The van der Waals surface area contributed by atoms with Crippen LogP contribution in [0.1, 0.15) is 84.0 Å². The second-order valence-electron chi connectivity index (χ2n) is 10.8. The van der Waals surface area contributed by atoms with E-state index in [0.29, 0.717) is 11.8 Å². The van der Waals surface area contributed by atoms with E-state index in [1.165, 1.54) is 77.9 Å². The summed E-state index contributed by atoms with van der Waals surface area (Å²) in [4.78, 5) is 0. The molecule has 0 aromatic heterocycles. The van der Waals surface area contributed by atoms with Crippen molar-refractivity contribution in [2.24, 2.45) is 0 Å². The molecule has 0 unspecified atom stereocenters. The minimum Gasteiger partial charge on any atom is -0.0587 e. The molecule has 2 aliphatic carbocycles. The van der Waals surface area contributed by atoms with E-state index in [0.717, 1.165) is 0 Å². The number of benzene rings is 4. The summed E-state index contributed by atoms with van der Waals surface area (Å²) in [5, 5.41) is 0. The van der Waals surface area contributed by atoms with Crippen LogP contribution in [0.4, 0.5) is 0 Å². The highest BCUT2D eigenvalue weighted by atomic mass is 14.4. The Morgan fingerprint density at radius 1 is 0.382 bits per heavy atom. The van der Waals surface area contributed by atoms with Crippen LogP contribution < -0.4 is 0 Å². The zero-order chi connectivity index (χ0) is 23.7. The second kappa shape index (κ2) is 7.57. The fraction of sp³-hybridized carbons (Fsp3) is 0.235. The van der Waals surface area contributed by atoms with E-state index < -0.39 is 0 Å². The van der Waals surface area contributed by atoms with Gasteiger partial charge < -0.3 is 0 Å². The van der Waals surface area contributed by atoms with Crippen molar-refractivity contribution in [3.63, 3.8) is 0 Å². The molecule has 0 bridgehead atoms. The average Bonchev–Trinajstić information content (AvgIpc) is 3.29. The molecule has 0 N–H and O–H groups in total. The van der Waals surface area contributed by atoms with Crippen LogP contribution in [-0.4, -0.2) is 0 Å². The first-order chi connectivity index (χ1) is 16.3. The van der Waals surface area contributed by atoms with Gasteiger partial charge in [-0.1, -0.05) is 112 Å². The molecule has 4 aromatic carbocycles. The maximum atomic E-state index is 2.46. The Balaban J connectivity index is 1.78. The third kappa shape index (κ3) is 3.05. The molecule has 0 spiro atoms. The Morgan fingerprint density at radius 2 is 0.706 bits per heavy atom. The van der Waals surface area contributed by atoms with Gasteiger partial charge in [-0.2, -0.15) is 0 Å². The zero-order valence-electron chi connectivity index (χ0n) is 21.1. The highest BCUT2D eigenvalue weighted by molar-refractivity contribution is 6.19. The molecule has 6 rings (SSSR count). The van der Waals surface area contributed by atoms with Crippen molar-refractivity contribution in [3.05, 3.63) is 117 Å². The third-order valence-electron chi connectivity index (χ3n) is 7.68. The fourth-order valence-electron chi connectivity index (χ4n) is 5.75. The van der Waals surface area contributed by atoms with Crippen molar-refractivity contribution in [2.45, 2.75) is 53.4 Å². The van der Waals surface area contributed by atoms with E-state index in [1.807, 2.05) is 0 Å². The Hall–Kier alpha value is -3.38. The third-order valence-corrected chi connectivity index (χ3v) is 7.68. The quantitative estimate of drug-likeness (QED) is 0.251. The highest BCUT2D eigenvalue weighted by Gasteiger charge is 2.33. The van der Waals surface area contributed by atoms with Crippen LogP contribution in [0.25, 0.3) is 33.4 Å². The molecule has 0 amide bonds. The van der Waals surface area contributed by atoms with Crippen molar-refractivity contribution >= 4 is 11.1 Å². The lowest BCUT2D eigenvalue weighted by molar-refractivity contribution is 0.866. The number of rotatable bonds is 2. The molecule has 0 saturated carbocycles. The summed E-state index contributed by atoms with van der Waals surface area (Å²) >= 11 is 0. The van der Waals surface area contributed by atoms with Crippen LogP contribution in [0.15, 0.2) is 72.8 Å². The summed E-state index contributed by atoms with van der Waals surface area (Å²) in [6, 6.07) is 28.2. The maximum Gasteiger partial charge on any atom is -0.00137 e. The molecule has 2 aliphatic rings. The van der Waals surface area contributed by atoms with Crippen molar-refractivity contribution in [1.29, 1.82) is 0 Å². The molecule has 0 heterocycles. The molecular weight excluding hydrogens is 408 g/mol. The first-order valence-corrected chi connectivity index (χ1v) is 12.6. The minimum absolute atomic E-state index is 0.499. The Labute approximate surface area is 204 Å². The van der Waals surface area contributed by atoms with E-state index in [9.17, 15) is 0 Å². The number of fused-ring (bicyclic) bond motifs is 6. The topological polar surface area (TPSA) is 0 Å². The minimum atomic E-state index is 0.499. The summed E-state index contributed by atoms with van der Waals surface area (Å²) < 4.78 is 0. The number of hydrogen-bond donors (Lipinski definition) is 0.